The molecule has 23 heavy (non-hydrogen) atoms. The van der Waals surface area contributed by atoms with Crippen molar-refractivity contribution in [3.63, 3.8) is 0 Å². The Balaban J connectivity index is 1.81. The summed E-state index contributed by atoms with van der Waals surface area (Å²) in [6.07, 6.45) is 2.27. The standard InChI is InChI=1S/C19H24N2OS/c1-14-12-17(16-8-6-15(7-9-16)13-20(2)3)23-18(14)19(22)21-10-4-5-11-21/h6-9,12H,4-5,10-11,13H2,1-3H3. The van der Waals surface area contributed by atoms with Crippen LogP contribution in [0.2, 0.25) is 0 Å². The zero-order chi connectivity index (χ0) is 16.4. The van der Waals surface area contributed by atoms with E-state index in [2.05, 4.69) is 49.3 Å². The molecule has 4 heteroatoms. The third-order valence-electron chi connectivity index (χ3n) is 4.24. The lowest BCUT2D eigenvalue weighted by atomic mass is 10.1. The fraction of sp³-hybridized carbons (Fsp3) is 0.421. The molecule has 1 amide bonds. The zero-order valence-electron chi connectivity index (χ0n) is 14.1. The van der Waals surface area contributed by atoms with E-state index in [9.17, 15) is 4.79 Å². The van der Waals surface area contributed by atoms with E-state index >= 15 is 0 Å². The lowest BCUT2D eigenvalue weighted by Crippen LogP contribution is -2.27. The monoisotopic (exact) mass is 328 g/mol. The number of likely N-dealkylation sites (tertiary alicyclic amines) is 1. The van der Waals surface area contributed by atoms with E-state index in [0.29, 0.717) is 0 Å². The van der Waals surface area contributed by atoms with E-state index < -0.39 is 0 Å². The van der Waals surface area contributed by atoms with Crippen LogP contribution in [0.3, 0.4) is 0 Å². The molecule has 0 saturated carbocycles. The first kappa shape index (κ1) is 16.2. The largest absolute Gasteiger partial charge is 0.338 e. The summed E-state index contributed by atoms with van der Waals surface area (Å²) in [7, 11) is 4.15. The molecule has 0 unspecified atom stereocenters. The van der Waals surface area contributed by atoms with Gasteiger partial charge >= 0.3 is 0 Å². The fourth-order valence-electron chi connectivity index (χ4n) is 3.04. The minimum Gasteiger partial charge on any atom is -0.338 e. The Hall–Kier alpha value is -1.65. The van der Waals surface area contributed by atoms with Gasteiger partial charge in [-0.1, -0.05) is 24.3 Å². The van der Waals surface area contributed by atoms with Crippen molar-refractivity contribution in [2.45, 2.75) is 26.3 Å². The highest BCUT2D eigenvalue weighted by atomic mass is 32.1. The van der Waals surface area contributed by atoms with Crippen molar-refractivity contribution in [3.8, 4) is 10.4 Å². The second-order valence-electron chi connectivity index (χ2n) is 6.56. The van der Waals surface area contributed by atoms with E-state index in [1.165, 1.54) is 16.0 Å². The number of hydrogen-bond acceptors (Lipinski definition) is 3. The molecule has 2 heterocycles. The fourth-order valence-corrected chi connectivity index (χ4v) is 4.19. The maximum Gasteiger partial charge on any atom is 0.264 e. The molecule has 1 aliphatic heterocycles. The van der Waals surface area contributed by atoms with Gasteiger partial charge in [-0.05, 0) is 56.6 Å². The van der Waals surface area contributed by atoms with Crippen LogP contribution in [-0.4, -0.2) is 42.9 Å². The van der Waals surface area contributed by atoms with Crippen LogP contribution in [0.15, 0.2) is 30.3 Å². The molecule has 2 aromatic rings. The molecule has 1 fully saturated rings. The minimum atomic E-state index is 0.209. The van der Waals surface area contributed by atoms with Gasteiger partial charge in [0.25, 0.3) is 5.91 Å². The molecule has 1 aromatic heterocycles. The number of amides is 1. The molecule has 0 aliphatic carbocycles. The highest BCUT2D eigenvalue weighted by Gasteiger charge is 2.23. The average molecular weight is 328 g/mol. The maximum atomic E-state index is 12.6. The summed E-state index contributed by atoms with van der Waals surface area (Å²) < 4.78 is 0. The van der Waals surface area contributed by atoms with Gasteiger partial charge in [0.15, 0.2) is 0 Å². The van der Waals surface area contributed by atoms with Crippen LogP contribution in [0.25, 0.3) is 10.4 Å². The van der Waals surface area contributed by atoms with Crippen LogP contribution in [0.1, 0.15) is 33.6 Å². The molecule has 0 spiro atoms. The summed E-state index contributed by atoms with van der Waals surface area (Å²) in [5, 5.41) is 0. The molecule has 122 valence electrons. The van der Waals surface area contributed by atoms with Gasteiger partial charge in [-0.3, -0.25) is 4.79 Å². The van der Waals surface area contributed by atoms with Crippen LogP contribution >= 0.6 is 11.3 Å². The number of rotatable bonds is 4. The molecule has 0 bridgehead atoms. The lowest BCUT2D eigenvalue weighted by molar-refractivity contribution is 0.0797. The van der Waals surface area contributed by atoms with Crippen molar-refractivity contribution in [2.75, 3.05) is 27.2 Å². The summed E-state index contributed by atoms with van der Waals surface area (Å²) in [5.74, 6) is 0.209. The van der Waals surface area contributed by atoms with Crippen LogP contribution in [0.5, 0.6) is 0 Å². The summed E-state index contributed by atoms with van der Waals surface area (Å²) in [5.41, 5.74) is 3.60. The van der Waals surface area contributed by atoms with Gasteiger partial charge in [-0.25, -0.2) is 0 Å². The van der Waals surface area contributed by atoms with Crippen molar-refractivity contribution >= 4 is 17.2 Å². The van der Waals surface area contributed by atoms with Gasteiger partial charge in [-0.2, -0.15) is 0 Å². The van der Waals surface area contributed by atoms with Crippen LogP contribution in [-0.2, 0) is 6.54 Å². The maximum absolute atomic E-state index is 12.6. The number of carbonyl (C=O) groups excluding carboxylic acids is 1. The Morgan fingerprint density at radius 2 is 1.83 bits per heavy atom. The second kappa shape index (κ2) is 6.85. The van der Waals surface area contributed by atoms with E-state index in [4.69, 9.17) is 0 Å². The Morgan fingerprint density at radius 3 is 2.43 bits per heavy atom. The Kier molecular flexibility index (Phi) is 4.83. The first-order valence-electron chi connectivity index (χ1n) is 8.18. The van der Waals surface area contributed by atoms with Crippen LogP contribution < -0.4 is 0 Å². The predicted molar refractivity (Wildman–Crippen MR) is 97.0 cm³/mol. The lowest BCUT2D eigenvalue weighted by Gasteiger charge is -2.14. The molecule has 3 rings (SSSR count). The molecule has 1 aliphatic rings. The van der Waals surface area contributed by atoms with E-state index in [1.54, 1.807) is 11.3 Å². The number of nitrogens with zero attached hydrogens (tertiary/aromatic N) is 2. The van der Waals surface area contributed by atoms with Gasteiger partial charge in [0.05, 0.1) is 4.88 Å². The number of thiophene rings is 1. The van der Waals surface area contributed by atoms with Crippen molar-refractivity contribution in [3.05, 3.63) is 46.3 Å². The Morgan fingerprint density at radius 1 is 1.17 bits per heavy atom. The number of benzene rings is 1. The van der Waals surface area contributed by atoms with Crippen molar-refractivity contribution in [2.24, 2.45) is 0 Å². The Bertz CT molecular complexity index is 682. The molecule has 1 aromatic carbocycles. The summed E-state index contributed by atoms with van der Waals surface area (Å²) in [4.78, 5) is 18.9. The van der Waals surface area contributed by atoms with E-state index in [0.717, 1.165) is 42.9 Å². The smallest absolute Gasteiger partial charge is 0.264 e. The first-order chi connectivity index (χ1) is 11.0. The molecular formula is C19H24N2OS. The molecule has 0 radical (unpaired) electrons. The predicted octanol–water partition coefficient (Wildman–Crippen LogP) is 4.02. The van der Waals surface area contributed by atoms with Gasteiger partial charge in [0.1, 0.15) is 0 Å². The summed E-state index contributed by atoms with van der Waals surface area (Å²) in [6, 6.07) is 10.8. The number of carbonyl (C=O) groups is 1. The second-order valence-corrected chi connectivity index (χ2v) is 7.61. The average Bonchev–Trinajstić information content (AvgIpc) is 3.16. The van der Waals surface area contributed by atoms with Crippen molar-refractivity contribution < 1.29 is 4.79 Å². The third-order valence-corrected chi connectivity index (χ3v) is 5.52. The van der Waals surface area contributed by atoms with Crippen molar-refractivity contribution in [1.29, 1.82) is 0 Å². The highest BCUT2D eigenvalue weighted by molar-refractivity contribution is 7.17. The highest BCUT2D eigenvalue weighted by Crippen LogP contribution is 2.32. The normalized spacial score (nSPS) is 14.7. The van der Waals surface area contributed by atoms with Gasteiger partial charge < -0.3 is 9.80 Å². The molecule has 1 saturated heterocycles. The molecular weight excluding hydrogens is 304 g/mol. The quantitative estimate of drug-likeness (QED) is 0.846. The van der Waals surface area contributed by atoms with Crippen LogP contribution in [0, 0.1) is 6.92 Å². The molecule has 0 atom stereocenters. The minimum absolute atomic E-state index is 0.209. The first-order valence-corrected chi connectivity index (χ1v) is 9.00. The molecule has 0 N–H and O–H groups in total. The topological polar surface area (TPSA) is 23.6 Å². The Labute approximate surface area is 142 Å². The van der Waals surface area contributed by atoms with Gasteiger partial charge in [-0.15, -0.1) is 11.3 Å². The van der Waals surface area contributed by atoms with Crippen molar-refractivity contribution in [1.82, 2.24) is 9.80 Å². The van der Waals surface area contributed by atoms with Crippen LogP contribution in [0.4, 0.5) is 0 Å². The van der Waals surface area contributed by atoms with E-state index in [1.807, 2.05) is 11.8 Å². The molecule has 3 nitrogen and oxygen atoms in total. The zero-order valence-corrected chi connectivity index (χ0v) is 14.9. The van der Waals surface area contributed by atoms with Gasteiger partial charge in [0, 0.05) is 24.5 Å². The SMILES string of the molecule is Cc1cc(-c2ccc(CN(C)C)cc2)sc1C(=O)N1CCCC1. The number of hydrogen-bond donors (Lipinski definition) is 0. The summed E-state index contributed by atoms with van der Waals surface area (Å²) >= 11 is 1.63. The third kappa shape index (κ3) is 3.65. The van der Waals surface area contributed by atoms with Gasteiger partial charge in [0.2, 0.25) is 0 Å². The summed E-state index contributed by atoms with van der Waals surface area (Å²) in [6.45, 7) is 4.81. The van der Waals surface area contributed by atoms with E-state index in [-0.39, 0.29) is 5.91 Å². The number of aryl methyl sites for hydroxylation is 1.